The minimum Gasteiger partial charge on any atom is -0.371 e. The molecule has 2 nitrogen and oxygen atoms in total. The summed E-state index contributed by atoms with van der Waals surface area (Å²) in [5, 5.41) is 2.88. The molecule has 98 valence electrons. The highest BCUT2D eigenvalue weighted by Gasteiger charge is 2.26. The van der Waals surface area contributed by atoms with Crippen LogP contribution in [0.25, 0.3) is 0 Å². The zero-order valence-corrected chi connectivity index (χ0v) is 9.76. The number of alkyl halides is 3. The highest BCUT2D eigenvalue weighted by molar-refractivity contribution is 5.33. The minimum absolute atomic E-state index is 0.0204. The van der Waals surface area contributed by atoms with Crippen LogP contribution in [0, 0.1) is 11.8 Å². The van der Waals surface area contributed by atoms with E-state index < -0.39 is 12.8 Å². The molecule has 18 heavy (non-hydrogen) atoms. The zero-order valence-electron chi connectivity index (χ0n) is 9.76. The second-order valence-electron chi connectivity index (χ2n) is 3.51. The van der Waals surface area contributed by atoms with Gasteiger partial charge in [-0.3, -0.25) is 0 Å². The van der Waals surface area contributed by atoms with Crippen molar-refractivity contribution in [3.05, 3.63) is 35.9 Å². The Morgan fingerprint density at radius 1 is 1.17 bits per heavy atom. The Morgan fingerprint density at radius 3 is 2.56 bits per heavy atom. The van der Waals surface area contributed by atoms with Crippen LogP contribution >= 0.6 is 0 Å². The zero-order chi connectivity index (χ0) is 13.3. The maximum atomic E-state index is 11.7. The predicted molar refractivity (Wildman–Crippen MR) is 63.1 cm³/mol. The largest absolute Gasteiger partial charge is 0.411 e. The van der Waals surface area contributed by atoms with E-state index in [1.165, 1.54) is 0 Å². The van der Waals surface area contributed by atoms with Crippen molar-refractivity contribution in [2.24, 2.45) is 0 Å². The number of ether oxygens (including phenoxy) is 1. The summed E-state index contributed by atoms with van der Waals surface area (Å²) in [6.45, 7) is -0.416. The van der Waals surface area contributed by atoms with Crippen LogP contribution in [-0.2, 0) is 4.74 Å². The van der Waals surface area contributed by atoms with Crippen molar-refractivity contribution < 1.29 is 17.9 Å². The van der Waals surface area contributed by atoms with Gasteiger partial charge in [-0.25, -0.2) is 0 Å². The van der Waals surface area contributed by atoms with E-state index in [1.807, 2.05) is 30.3 Å². The van der Waals surface area contributed by atoms with Crippen LogP contribution in [0.1, 0.15) is 5.56 Å². The van der Waals surface area contributed by atoms with Crippen molar-refractivity contribution >= 4 is 0 Å². The molecule has 0 saturated heterocycles. The van der Waals surface area contributed by atoms with Crippen molar-refractivity contribution in [3.63, 3.8) is 0 Å². The van der Waals surface area contributed by atoms with Crippen LogP contribution in [0.15, 0.2) is 30.3 Å². The van der Waals surface area contributed by atoms with Crippen molar-refractivity contribution in [2.45, 2.75) is 6.18 Å². The lowest BCUT2D eigenvalue weighted by Crippen LogP contribution is -2.24. The van der Waals surface area contributed by atoms with Gasteiger partial charge < -0.3 is 10.1 Å². The molecule has 0 unspecified atom stereocenters. The molecule has 0 amide bonds. The number of benzene rings is 1. The standard InChI is InChI=1S/C13H14F3NO/c14-13(15,16)11-18-10-9-17-8-4-7-12-5-2-1-3-6-12/h1-3,5-6,17H,8-11H2. The topological polar surface area (TPSA) is 21.3 Å². The van der Waals surface area contributed by atoms with Gasteiger partial charge in [0.25, 0.3) is 0 Å². The third-order valence-corrected chi connectivity index (χ3v) is 1.91. The lowest BCUT2D eigenvalue weighted by molar-refractivity contribution is -0.173. The van der Waals surface area contributed by atoms with Gasteiger partial charge in [-0.15, -0.1) is 0 Å². The monoisotopic (exact) mass is 257 g/mol. The van der Waals surface area contributed by atoms with E-state index in [4.69, 9.17) is 0 Å². The van der Waals surface area contributed by atoms with E-state index in [0.717, 1.165) is 5.56 Å². The smallest absolute Gasteiger partial charge is 0.371 e. The Hall–Kier alpha value is -1.51. The van der Waals surface area contributed by atoms with E-state index in [2.05, 4.69) is 21.9 Å². The third-order valence-electron chi connectivity index (χ3n) is 1.91. The molecule has 0 saturated carbocycles. The van der Waals surface area contributed by atoms with Gasteiger partial charge in [-0.05, 0) is 12.1 Å². The van der Waals surface area contributed by atoms with Gasteiger partial charge in [0.05, 0.1) is 13.2 Å². The lowest BCUT2D eigenvalue weighted by Gasteiger charge is -2.06. The molecule has 0 fully saturated rings. The van der Waals surface area contributed by atoms with E-state index in [1.54, 1.807) is 0 Å². The van der Waals surface area contributed by atoms with E-state index in [-0.39, 0.29) is 6.61 Å². The second-order valence-corrected chi connectivity index (χ2v) is 3.51. The highest BCUT2D eigenvalue weighted by atomic mass is 19.4. The normalized spacial score (nSPS) is 10.8. The molecule has 0 aliphatic rings. The Labute approximate surface area is 104 Å². The summed E-state index contributed by atoms with van der Waals surface area (Å²) in [5.41, 5.74) is 0.910. The quantitative estimate of drug-likeness (QED) is 0.645. The minimum atomic E-state index is -4.26. The Balaban J connectivity index is 2.04. The molecule has 5 heteroatoms. The molecule has 1 N–H and O–H groups in total. The Morgan fingerprint density at radius 2 is 1.89 bits per heavy atom. The van der Waals surface area contributed by atoms with Crippen molar-refractivity contribution in [3.8, 4) is 11.8 Å². The molecular weight excluding hydrogens is 243 g/mol. The van der Waals surface area contributed by atoms with Crippen LogP contribution in [0.4, 0.5) is 13.2 Å². The molecule has 0 spiro atoms. The predicted octanol–water partition coefficient (Wildman–Crippen LogP) is 2.21. The highest BCUT2D eigenvalue weighted by Crippen LogP contribution is 2.13. The van der Waals surface area contributed by atoms with Gasteiger partial charge in [0, 0.05) is 12.1 Å². The fraction of sp³-hybridized carbons (Fsp3) is 0.385. The van der Waals surface area contributed by atoms with Gasteiger partial charge >= 0.3 is 6.18 Å². The molecular formula is C13H14F3NO. The molecule has 1 aromatic carbocycles. The summed E-state index contributed by atoms with van der Waals surface area (Å²) in [4.78, 5) is 0. The Kier molecular flexibility index (Phi) is 6.26. The van der Waals surface area contributed by atoms with Gasteiger partial charge in [-0.2, -0.15) is 13.2 Å². The van der Waals surface area contributed by atoms with Gasteiger partial charge in [0.2, 0.25) is 0 Å². The van der Waals surface area contributed by atoms with Crippen LogP contribution in [0.5, 0.6) is 0 Å². The summed E-state index contributed by atoms with van der Waals surface area (Å²) >= 11 is 0. The molecule has 0 radical (unpaired) electrons. The second kappa shape index (κ2) is 7.75. The maximum Gasteiger partial charge on any atom is 0.411 e. The fourth-order valence-corrected chi connectivity index (χ4v) is 1.15. The van der Waals surface area contributed by atoms with Crippen molar-refractivity contribution in [1.82, 2.24) is 5.32 Å². The Bertz CT molecular complexity index is 392. The molecule has 0 aliphatic heterocycles. The number of rotatable bonds is 5. The number of nitrogens with one attached hydrogen (secondary N) is 1. The van der Waals surface area contributed by atoms with Crippen LogP contribution in [0.2, 0.25) is 0 Å². The SMILES string of the molecule is FC(F)(F)COCCNCC#Cc1ccccc1. The van der Waals surface area contributed by atoms with E-state index in [0.29, 0.717) is 13.1 Å². The molecule has 0 aliphatic carbocycles. The summed E-state index contributed by atoms with van der Waals surface area (Å²) in [6, 6.07) is 9.46. The molecule has 1 aromatic rings. The fourth-order valence-electron chi connectivity index (χ4n) is 1.15. The molecule has 0 bridgehead atoms. The van der Waals surface area contributed by atoms with Gasteiger partial charge in [0.15, 0.2) is 0 Å². The first-order chi connectivity index (χ1) is 8.58. The maximum absolute atomic E-state index is 11.7. The first-order valence-corrected chi connectivity index (χ1v) is 5.47. The van der Waals surface area contributed by atoms with Gasteiger partial charge in [0.1, 0.15) is 6.61 Å². The molecule has 0 atom stereocenters. The number of halogens is 3. The van der Waals surface area contributed by atoms with E-state index >= 15 is 0 Å². The third kappa shape index (κ3) is 7.71. The van der Waals surface area contributed by atoms with Crippen LogP contribution < -0.4 is 5.32 Å². The first kappa shape index (κ1) is 14.6. The summed E-state index contributed by atoms with van der Waals surface area (Å²) in [5.74, 6) is 5.80. The average molecular weight is 257 g/mol. The molecule has 0 aromatic heterocycles. The van der Waals surface area contributed by atoms with Crippen molar-refractivity contribution in [1.29, 1.82) is 0 Å². The average Bonchev–Trinajstić information content (AvgIpc) is 2.32. The summed E-state index contributed by atoms with van der Waals surface area (Å²) in [6.07, 6.45) is -4.26. The lowest BCUT2D eigenvalue weighted by atomic mass is 10.2. The van der Waals surface area contributed by atoms with Gasteiger partial charge in [-0.1, -0.05) is 30.0 Å². The van der Waals surface area contributed by atoms with E-state index in [9.17, 15) is 13.2 Å². The summed E-state index contributed by atoms with van der Waals surface area (Å²) in [7, 11) is 0. The van der Waals surface area contributed by atoms with Crippen LogP contribution in [-0.4, -0.2) is 32.5 Å². The molecule has 0 heterocycles. The molecule has 1 rings (SSSR count). The van der Waals surface area contributed by atoms with Crippen molar-refractivity contribution in [2.75, 3.05) is 26.3 Å². The summed E-state index contributed by atoms with van der Waals surface area (Å²) < 4.78 is 39.5. The number of hydrogen-bond acceptors (Lipinski definition) is 2. The van der Waals surface area contributed by atoms with Crippen LogP contribution in [0.3, 0.4) is 0 Å². The first-order valence-electron chi connectivity index (χ1n) is 5.47. The number of hydrogen-bond donors (Lipinski definition) is 1.